The Morgan fingerprint density at radius 3 is 1.08 bits per heavy atom. The second kappa shape index (κ2) is 42.1. The van der Waals surface area contributed by atoms with Crippen molar-refractivity contribution in [1.29, 1.82) is 0 Å². The molecule has 4 nitrogen and oxygen atoms in total. The second-order valence-electron chi connectivity index (χ2n) is 13.9. The van der Waals surface area contributed by atoms with Gasteiger partial charge in [0.25, 0.3) is 0 Å². The van der Waals surface area contributed by atoms with Crippen LogP contribution in [-0.2, 0) is 19.1 Å². The van der Waals surface area contributed by atoms with E-state index in [0.29, 0.717) is 32.5 Å². The Balaban J connectivity index is 3.35. The quantitative estimate of drug-likeness (QED) is 0.0369. The van der Waals surface area contributed by atoms with Crippen molar-refractivity contribution < 1.29 is 19.1 Å². The van der Waals surface area contributed by atoms with E-state index < -0.39 is 0 Å². The molecule has 0 spiro atoms. The standard InChI is InChI=1S/C45H80O4/c1-3-5-7-9-11-13-15-17-19-20-21-22-23-24-26-28-30-32-34-36-38-41-45(47)49-43-39-42-48-44(46)40-37-35-33-31-29-27-25-18-16-14-12-10-8-6-4-2/h12,14,17-19,25,29,31H,3-11,13,15-16,20-24,26-28,30,32-43H2,1-2H3/b14-12-,19-17-,25-18-,31-29-. The number of hydrogen-bond donors (Lipinski definition) is 0. The van der Waals surface area contributed by atoms with Gasteiger partial charge in [0.1, 0.15) is 0 Å². The molecule has 0 atom stereocenters. The fourth-order valence-electron chi connectivity index (χ4n) is 5.80. The van der Waals surface area contributed by atoms with Gasteiger partial charge in [-0.25, -0.2) is 0 Å². The third-order valence-electron chi connectivity index (χ3n) is 8.98. The molecule has 0 aromatic rings. The van der Waals surface area contributed by atoms with E-state index in [4.69, 9.17) is 9.47 Å². The van der Waals surface area contributed by atoms with Crippen LogP contribution in [0.1, 0.15) is 213 Å². The smallest absolute Gasteiger partial charge is 0.305 e. The normalized spacial score (nSPS) is 12.0. The molecule has 0 bridgehead atoms. The highest BCUT2D eigenvalue weighted by Gasteiger charge is 2.05. The Labute approximate surface area is 305 Å². The van der Waals surface area contributed by atoms with Gasteiger partial charge in [0.2, 0.25) is 0 Å². The van der Waals surface area contributed by atoms with Gasteiger partial charge in [0.05, 0.1) is 13.2 Å². The first kappa shape index (κ1) is 46.9. The number of esters is 2. The molecule has 0 aliphatic heterocycles. The lowest BCUT2D eigenvalue weighted by Gasteiger charge is -2.06. The predicted molar refractivity (Wildman–Crippen MR) is 213 cm³/mol. The summed E-state index contributed by atoms with van der Waals surface area (Å²) in [5, 5.41) is 0. The van der Waals surface area contributed by atoms with Crippen LogP contribution in [0, 0.1) is 0 Å². The molecule has 0 fully saturated rings. The zero-order valence-corrected chi connectivity index (χ0v) is 32.6. The molecule has 0 rings (SSSR count). The second-order valence-corrected chi connectivity index (χ2v) is 13.9. The summed E-state index contributed by atoms with van der Waals surface area (Å²) in [5.74, 6) is -0.281. The summed E-state index contributed by atoms with van der Waals surface area (Å²) < 4.78 is 10.6. The van der Waals surface area contributed by atoms with Crippen LogP contribution in [0.3, 0.4) is 0 Å². The third-order valence-corrected chi connectivity index (χ3v) is 8.98. The van der Waals surface area contributed by atoms with E-state index in [9.17, 15) is 9.59 Å². The number of allylic oxidation sites excluding steroid dienone is 8. The van der Waals surface area contributed by atoms with Crippen LogP contribution in [0.2, 0.25) is 0 Å². The highest BCUT2D eigenvalue weighted by molar-refractivity contribution is 5.69. The molecule has 4 heteroatoms. The van der Waals surface area contributed by atoms with Crippen molar-refractivity contribution in [3.63, 3.8) is 0 Å². The number of rotatable bonds is 38. The largest absolute Gasteiger partial charge is 0.466 e. The van der Waals surface area contributed by atoms with Crippen molar-refractivity contribution in [3.8, 4) is 0 Å². The van der Waals surface area contributed by atoms with E-state index in [1.807, 2.05) is 0 Å². The summed E-state index contributed by atoms with van der Waals surface area (Å²) in [6.07, 6.45) is 54.5. The average Bonchev–Trinajstić information content (AvgIpc) is 3.10. The van der Waals surface area contributed by atoms with Gasteiger partial charge in [-0.05, 0) is 77.0 Å². The number of ether oxygens (including phenoxy) is 2. The van der Waals surface area contributed by atoms with Gasteiger partial charge in [0, 0.05) is 19.3 Å². The topological polar surface area (TPSA) is 52.6 Å². The van der Waals surface area contributed by atoms with Crippen molar-refractivity contribution in [2.75, 3.05) is 13.2 Å². The number of carbonyl (C=O) groups excluding carboxylic acids is 2. The van der Waals surface area contributed by atoms with Crippen LogP contribution >= 0.6 is 0 Å². The molecule has 284 valence electrons. The zero-order valence-electron chi connectivity index (χ0n) is 32.6. The first-order valence-electron chi connectivity index (χ1n) is 21.1. The van der Waals surface area contributed by atoms with Gasteiger partial charge in [-0.15, -0.1) is 0 Å². The number of carbonyl (C=O) groups is 2. The highest BCUT2D eigenvalue weighted by atomic mass is 16.5. The van der Waals surface area contributed by atoms with Crippen molar-refractivity contribution in [2.45, 2.75) is 213 Å². The summed E-state index contributed by atoms with van der Waals surface area (Å²) in [6.45, 7) is 5.17. The number of hydrogen-bond acceptors (Lipinski definition) is 4. The van der Waals surface area contributed by atoms with E-state index in [1.165, 1.54) is 135 Å². The molecule has 0 aliphatic rings. The molecule has 49 heavy (non-hydrogen) atoms. The highest BCUT2D eigenvalue weighted by Crippen LogP contribution is 2.14. The molecule has 0 radical (unpaired) electrons. The Bertz CT molecular complexity index is 809. The van der Waals surface area contributed by atoms with Crippen molar-refractivity contribution in [1.82, 2.24) is 0 Å². The fourth-order valence-corrected chi connectivity index (χ4v) is 5.80. The first-order chi connectivity index (χ1) is 24.2. The van der Waals surface area contributed by atoms with Gasteiger partial charge >= 0.3 is 11.9 Å². The average molecular weight is 685 g/mol. The maximum Gasteiger partial charge on any atom is 0.305 e. The third kappa shape index (κ3) is 42.0. The van der Waals surface area contributed by atoms with E-state index in [1.54, 1.807) is 0 Å². The Morgan fingerprint density at radius 1 is 0.347 bits per heavy atom. The molecule has 0 heterocycles. The molecule has 0 saturated carbocycles. The maximum atomic E-state index is 12.0. The molecule has 0 saturated heterocycles. The number of unbranched alkanes of at least 4 members (excludes halogenated alkanes) is 22. The zero-order chi connectivity index (χ0) is 35.6. The van der Waals surface area contributed by atoms with Crippen LogP contribution in [0.4, 0.5) is 0 Å². The van der Waals surface area contributed by atoms with Crippen molar-refractivity contribution in [3.05, 3.63) is 48.6 Å². The molecular weight excluding hydrogens is 604 g/mol. The summed E-state index contributed by atoms with van der Waals surface area (Å²) in [4.78, 5) is 23.9. The van der Waals surface area contributed by atoms with Crippen LogP contribution in [0.25, 0.3) is 0 Å². The maximum absolute atomic E-state index is 12.0. The summed E-state index contributed by atoms with van der Waals surface area (Å²) in [5.41, 5.74) is 0. The molecule has 0 aliphatic carbocycles. The summed E-state index contributed by atoms with van der Waals surface area (Å²) in [6, 6.07) is 0. The molecular formula is C45H80O4. The van der Waals surface area contributed by atoms with Gasteiger partial charge in [0.15, 0.2) is 0 Å². The van der Waals surface area contributed by atoms with Gasteiger partial charge in [-0.1, -0.05) is 165 Å². The lowest BCUT2D eigenvalue weighted by molar-refractivity contribution is -0.146. The monoisotopic (exact) mass is 685 g/mol. The van der Waals surface area contributed by atoms with Gasteiger partial charge < -0.3 is 9.47 Å². The summed E-state index contributed by atoms with van der Waals surface area (Å²) in [7, 11) is 0. The van der Waals surface area contributed by atoms with E-state index >= 15 is 0 Å². The fraction of sp³-hybridized carbons (Fsp3) is 0.778. The Hall–Kier alpha value is -2.10. The van der Waals surface area contributed by atoms with E-state index in [0.717, 1.165) is 44.9 Å². The summed E-state index contributed by atoms with van der Waals surface area (Å²) >= 11 is 0. The van der Waals surface area contributed by atoms with Crippen LogP contribution < -0.4 is 0 Å². The Morgan fingerprint density at radius 2 is 0.633 bits per heavy atom. The minimum absolute atomic E-state index is 0.127. The van der Waals surface area contributed by atoms with Gasteiger partial charge in [-0.3, -0.25) is 9.59 Å². The molecule has 0 amide bonds. The van der Waals surface area contributed by atoms with Crippen LogP contribution in [0.5, 0.6) is 0 Å². The van der Waals surface area contributed by atoms with Gasteiger partial charge in [-0.2, -0.15) is 0 Å². The first-order valence-corrected chi connectivity index (χ1v) is 21.1. The molecule has 0 aromatic carbocycles. The lowest BCUT2D eigenvalue weighted by Crippen LogP contribution is -2.10. The Kier molecular flexibility index (Phi) is 40.3. The van der Waals surface area contributed by atoms with E-state index in [-0.39, 0.29) is 11.9 Å². The lowest BCUT2D eigenvalue weighted by atomic mass is 10.0. The van der Waals surface area contributed by atoms with Crippen LogP contribution in [0.15, 0.2) is 48.6 Å². The predicted octanol–water partition coefficient (Wildman–Crippen LogP) is 14.4. The van der Waals surface area contributed by atoms with Crippen molar-refractivity contribution in [2.24, 2.45) is 0 Å². The van der Waals surface area contributed by atoms with E-state index in [2.05, 4.69) is 62.5 Å². The molecule has 0 unspecified atom stereocenters. The minimum Gasteiger partial charge on any atom is -0.466 e. The molecule has 0 aromatic heterocycles. The SMILES string of the molecule is CCCCC/C=C\C/C=C\C/C=C\CCCCC(=O)OCCCOC(=O)CCCCCCCCCCCCC/C=C\CCCCCCCC. The minimum atomic E-state index is -0.154. The molecule has 0 N–H and O–H groups in total. The van der Waals surface area contributed by atoms with Crippen LogP contribution in [-0.4, -0.2) is 25.2 Å². The van der Waals surface area contributed by atoms with Crippen molar-refractivity contribution >= 4 is 11.9 Å².